The van der Waals surface area contributed by atoms with E-state index in [0.29, 0.717) is 0 Å². The van der Waals surface area contributed by atoms with E-state index >= 15 is 0 Å². The van der Waals surface area contributed by atoms with Gasteiger partial charge in [0.05, 0.1) is 11.2 Å². The predicted octanol–water partition coefficient (Wildman–Crippen LogP) is 8.01. The molecule has 204 valence electrons. The molecule has 1 spiro atoms. The highest BCUT2D eigenvalue weighted by molar-refractivity contribution is 6.62. The summed E-state index contributed by atoms with van der Waals surface area (Å²) >= 11 is 0. The van der Waals surface area contributed by atoms with Crippen LogP contribution in [0, 0.1) is 23.7 Å². The summed E-state index contributed by atoms with van der Waals surface area (Å²) in [5.74, 6) is 3.46. The fourth-order valence-electron chi connectivity index (χ4n) is 10.7. The molecule has 0 atom stereocenters. The van der Waals surface area contributed by atoms with Gasteiger partial charge in [-0.3, -0.25) is 0 Å². The predicted molar refractivity (Wildman–Crippen MR) is 163 cm³/mol. The maximum absolute atomic E-state index is 6.50. The van der Waals surface area contributed by atoms with E-state index in [1.165, 1.54) is 59.9 Å². The number of hydrogen-bond acceptors (Lipinski definition) is 2. The molecule has 5 fully saturated rings. The Bertz CT molecular complexity index is 1570. The average molecular weight is 529 g/mol. The molecule has 1 heterocycles. The van der Waals surface area contributed by atoms with E-state index in [0.717, 1.165) is 29.1 Å². The van der Waals surface area contributed by atoms with Gasteiger partial charge in [-0.2, -0.15) is 0 Å². The van der Waals surface area contributed by atoms with Crippen molar-refractivity contribution in [3.8, 4) is 22.3 Å². The van der Waals surface area contributed by atoms with E-state index < -0.39 is 0 Å². The third-order valence-corrected chi connectivity index (χ3v) is 12.9. The first kappa shape index (κ1) is 24.3. The van der Waals surface area contributed by atoms with Gasteiger partial charge in [0.25, 0.3) is 0 Å². The quantitative estimate of drug-likeness (QED) is 0.298. The van der Waals surface area contributed by atoms with Crippen molar-refractivity contribution >= 4 is 12.6 Å². The van der Waals surface area contributed by atoms with Crippen molar-refractivity contribution in [3.63, 3.8) is 0 Å². The molecule has 0 aromatic heterocycles. The zero-order valence-corrected chi connectivity index (χ0v) is 24.9. The molecule has 1 aliphatic heterocycles. The van der Waals surface area contributed by atoms with Crippen LogP contribution in [0.2, 0.25) is 0 Å². The molecule has 10 rings (SSSR count). The van der Waals surface area contributed by atoms with E-state index in [4.69, 9.17) is 9.31 Å². The van der Waals surface area contributed by atoms with Gasteiger partial charge in [-0.05, 0) is 133 Å². The zero-order chi connectivity index (χ0) is 27.4. The molecule has 3 heteroatoms. The molecule has 0 unspecified atom stereocenters. The van der Waals surface area contributed by atoms with Crippen LogP contribution in [0.1, 0.15) is 95.9 Å². The van der Waals surface area contributed by atoms with Crippen LogP contribution in [0.4, 0.5) is 0 Å². The van der Waals surface area contributed by atoms with E-state index in [1.807, 2.05) is 0 Å². The van der Waals surface area contributed by atoms with Crippen molar-refractivity contribution in [2.24, 2.45) is 23.7 Å². The van der Waals surface area contributed by atoms with Crippen LogP contribution in [0.3, 0.4) is 0 Å². The van der Waals surface area contributed by atoms with Gasteiger partial charge in [0, 0.05) is 10.8 Å². The van der Waals surface area contributed by atoms with Crippen LogP contribution in [0.25, 0.3) is 22.3 Å². The summed E-state index contributed by atoms with van der Waals surface area (Å²) in [7, 11) is -0.336. The van der Waals surface area contributed by atoms with Gasteiger partial charge in [-0.15, -0.1) is 0 Å². The highest BCUT2D eigenvalue weighted by Crippen LogP contribution is 2.71. The van der Waals surface area contributed by atoms with Crippen molar-refractivity contribution in [2.45, 2.75) is 95.7 Å². The summed E-state index contributed by atoms with van der Waals surface area (Å²) in [5.41, 5.74) is 12.9. The number of rotatable bonds is 1. The monoisotopic (exact) mass is 528 g/mol. The molecule has 2 nitrogen and oxygen atoms in total. The third kappa shape index (κ3) is 2.71. The normalized spacial score (nSPS) is 34.2. The standard InChI is InChI=1S/C37H41BO2/c1-34(2)30-14-11-25(38-39-35(3,4)36(5,6)40-38)20-29(30)28-13-12-27-26-9-7-8-10-31(26)37(33(27)32(28)34)23-16-21-15-22(18-23)19-24(37)17-21/h7-14,20-24H,15-19H2,1-6H3. The fraction of sp³-hybridized carbons (Fsp3) is 0.514. The van der Waals surface area contributed by atoms with Crippen LogP contribution >= 0.6 is 0 Å². The minimum atomic E-state index is -0.341. The molecular weight excluding hydrogens is 487 g/mol. The van der Waals surface area contributed by atoms with Crippen molar-refractivity contribution in [1.29, 1.82) is 0 Å². The van der Waals surface area contributed by atoms with Crippen molar-refractivity contribution < 1.29 is 9.31 Å². The lowest BCUT2D eigenvalue weighted by molar-refractivity contribution is -0.0404. The van der Waals surface area contributed by atoms with Gasteiger partial charge in [0.15, 0.2) is 0 Å². The SMILES string of the molecule is CC1(C)c2ccc(B3OC(C)(C)C(C)(C)O3)cc2-c2ccc3c(c21)C1(c2ccccc2-3)C2CC3CC(C2)CC1C3. The average Bonchev–Trinajstić information content (AvgIpc) is 3.42. The van der Waals surface area contributed by atoms with Gasteiger partial charge in [0.2, 0.25) is 0 Å². The lowest BCUT2D eigenvalue weighted by atomic mass is 9.42. The lowest BCUT2D eigenvalue weighted by Gasteiger charge is -2.61. The van der Waals surface area contributed by atoms with Crippen LogP contribution in [-0.2, 0) is 20.1 Å². The van der Waals surface area contributed by atoms with Gasteiger partial charge in [-0.1, -0.05) is 68.4 Å². The number of benzene rings is 3. The Morgan fingerprint density at radius 3 is 1.85 bits per heavy atom. The minimum absolute atomic E-state index is 0.0474. The molecule has 0 radical (unpaired) electrons. The van der Waals surface area contributed by atoms with Crippen LogP contribution in [0.15, 0.2) is 54.6 Å². The van der Waals surface area contributed by atoms with E-state index in [2.05, 4.69) is 96.1 Å². The topological polar surface area (TPSA) is 18.5 Å². The van der Waals surface area contributed by atoms with Gasteiger partial charge >= 0.3 is 7.12 Å². The fourth-order valence-corrected chi connectivity index (χ4v) is 10.7. The molecule has 0 N–H and O–H groups in total. The summed E-state index contributed by atoms with van der Waals surface area (Å²) in [6, 6.07) is 21.5. The summed E-state index contributed by atoms with van der Waals surface area (Å²) in [6.45, 7) is 13.5. The first-order chi connectivity index (χ1) is 19.0. The largest absolute Gasteiger partial charge is 0.494 e. The summed E-state index contributed by atoms with van der Waals surface area (Å²) < 4.78 is 13.0. The van der Waals surface area contributed by atoms with Crippen molar-refractivity contribution in [1.82, 2.24) is 0 Å². The Hall–Kier alpha value is -2.36. The molecule has 4 saturated carbocycles. The molecule has 6 aliphatic carbocycles. The maximum atomic E-state index is 6.50. The van der Waals surface area contributed by atoms with E-state index in [1.54, 1.807) is 16.7 Å². The Labute approximate surface area is 240 Å². The van der Waals surface area contributed by atoms with Crippen LogP contribution in [-0.4, -0.2) is 18.3 Å². The highest BCUT2D eigenvalue weighted by atomic mass is 16.7. The van der Waals surface area contributed by atoms with Gasteiger partial charge in [-0.25, -0.2) is 0 Å². The maximum Gasteiger partial charge on any atom is 0.494 e. The smallest absolute Gasteiger partial charge is 0.399 e. The highest BCUT2D eigenvalue weighted by Gasteiger charge is 2.63. The zero-order valence-electron chi connectivity index (χ0n) is 24.9. The Balaban J connectivity index is 1.26. The first-order valence-electron chi connectivity index (χ1n) is 15.8. The van der Waals surface area contributed by atoms with Gasteiger partial charge in [0.1, 0.15) is 0 Å². The van der Waals surface area contributed by atoms with E-state index in [-0.39, 0.29) is 29.2 Å². The molecular formula is C37H41BO2. The molecule has 1 saturated heterocycles. The molecule has 3 aromatic rings. The summed E-state index contributed by atoms with van der Waals surface area (Å²) in [6.07, 6.45) is 7.17. The van der Waals surface area contributed by atoms with Crippen LogP contribution in [0.5, 0.6) is 0 Å². The molecule has 7 aliphatic rings. The second-order valence-corrected chi connectivity index (χ2v) is 15.6. The summed E-state index contributed by atoms with van der Waals surface area (Å²) in [4.78, 5) is 0. The Morgan fingerprint density at radius 1 is 0.600 bits per heavy atom. The molecule has 4 bridgehead atoms. The molecule has 0 amide bonds. The van der Waals surface area contributed by atoms with Crippen LogP contribution < -0.4 is 5.46 Å². The van der Waals surface area contributed by atoms with Crippen molar-refractivity contribution in [3.05, 3.63) is 76.9 Å². The second-order valence-electron chi connectivity index (χ2n) is 15.6. The van der Waals surface area contributed by atoms with Crippen molar-refractivity contribution in [2.75, 3.05) is 0 Å². The Morgan fingerprint density at radius 2 is 1.20 bits per heavy atom. The first-order valence-corrected chi connectivity index (χ1v) is 15.8. The summed E-state index contributed by atoms with van der Waals surface area (Å²) in [5, 5.41) is 0. The van der Waals surface area contributed by atoms with Gasteiger partial charge < -0.3 is 9.31 Å². The third-order valence-electron chi connectivity index (χ3n) is 12.9. The second kappa shape index (κ2) is 7.34. The Kier molecular flexibility index (Phi) is 4.45. The minimum Gasteiger partial charge on any atom is -0.399 e. The molecule has 3 aromatic carbocycles. The molecule has 40 heavy (non-hydrogen) atoms. The lowest BCUT2D eigenvalue weighted by Crippen LogP contribution is -2.55. The number of hydrogen-bond donors (Lipinski definition) is 0. The number of fused-ring (bicyclic) bond motifs is 7. The van der Waals surface area contributed by atoms with E-state index in [9.17, 15) is 0 Å².